The second-order valence-electron chi connectivity index (χ2n) is 2.17. The molecular weight excluding hydrogens is 227 g/mol. The third-order valence-corrected chi connectivity index (χ3v) is 23.7. The van der Waals surface area contributed by atoms with Crippen LogP contribution in [0.15, 0.2) is 0 Å². The zero-order valence-corrected chi connectivity index (χ0v) is 10.7. The molecule has 0 nitrogen and oxygen atoms in total. The van der Waals surface area contributed by atoms with Crippen LogP contribution in [0.3, 0.4) is 0 Å². The van der Waals surface area contributed by atoms with Crippen molar-refractivity contribution in [2.75, 3.05) is 13.3 Å². The molecule has 0 saturated heterocycles. The predicted molar refractivity (Wildman–Crippen MR) is 41.6 cm³/mol. The average Bonchev–Trinajstić information content (AvgIpc) is 1.87. The molecule has 0 aliphatic carbocycles. The fourth-order valence-corrected chi connectivity index (χ4v) is 3.80. The van der Waals surface area contributed by atoms with Crippen LogP contribution in [0.25, 0.3) is 0 Å². The molecule has 0 unspecified atom stereocenters. The molecule has 0 heterocycles. The molecule has 0 saturated carbocycles. The van der Waals surface area contributed by atoms with Crippen LogP contribution >= 0.6 is 0 Å². The Morgan fingerprint density at radius 2 is 1.25 bits per heavy atom. The Morgan fingerprint density at radius 1 is 1.00 bits per heavy atom. The molecule has 0 aromatic carbocycles. The van der Waals surface area contributed by atoms with Gasteiger partial charge in [0.2, 0.25) is 0 Å². The van der Waals surface area contributed by atoms with Gasteiger partial charge in [-0.3, -0.25) is 0 Å². The molecule has 0 rings (SSSR count). The van der Waals surface area contributed by atoms with Crippen molar-refractivity contribution in [2.45, 2.75) is 20.8 Å². The van der Waals surface area contributed by atoms with Crippen LogP contribution in [0.2, 0.25) is 0 Å². The van der Waals surface area contributed by atoms with E-state index >= 15 is 0 Å². The normalized spacial score (nSPS) is 14.4. The molecule has 0 bridgehead atoms. The number of hydrogen-bond acceptors (Lipinski definition) is 0. The molecular formula is C6H18ISi-. The Bertz CT molecular complexity index is 51.3. The number of alkyl halides is 3. The molecule has 54 valence electrons. The van der Waals surface area contributed by atoms with E-state index in [1.54, 1.807) is 21.0 Å². The molecule has 2 heteroatoms. The summed E-state index contributed by atoms with van der Waals surface area (Å²) in [6, 6.07) is 0. The first-order chi connectivity index (χ1) is 3.68. The van der Waals surface area contributed by atoms with Gasteiger partial charge in [-0.15, -0.1) is 0 Å². The molecule has 0 aromatic heterocycles. The summed E-state index contributed by atoms with van der Waals surface area (Å²) in [4.78, 5) is 0. The first-order valence-electron chi connectivity index (χ1n) is 3.30. The van der Waals surface area contributed by atoms with Crippen molar-refractivity contribution < 1.29 is 17.6 Å². The second-order valence-corrected chi connectivity index (χ2v) is 25.3. The fraction of sp³-hybridized carbons (Fsp3) is 1.00. The molecule has 0 aromatic rings. The number of rotatable bonds is 3. The molecule has 0 aliphatic heterocycles. The van der Waals surface area contributed by atoms with E-state index in [1.165, 1.54) is 0 Å². The average molecular weight is 245 g/mol. The maximum atomic E-state index is 2.39. The van der Waals surface area contributed by atoms with E-state index < -0.39 is 17.6 Å². The van der Waals surface area contributed by atoms with Crippen molar-refractivity contribution in [2.24, 2.45) is 0 Å². The Hall–Kier alpha value is 0.947. The van der Waals surface area contributed by atoms with Gasteiger partial charge in [0.15, 0.2) is 0 Å². The van der Waals surface area contributed by atoms with E-state index in [2.05, 4.69) is 20.8 Å². The van der Waals surface area contributed by atoms with Gasteiger partial charge in [0.25, 0.3) is 0 Å². The SMILES string of the molecule is CC[I-]([SiH3])(CC)CC. The van der Waals surface area contributed by atoms with E-state index in [-0.39, 0.29) is 0 Å². The van der Waals surface area contributed by atoms with E-state index in [1.807, 2.05) is 0 Å². The Balaban J connectivity index is 3.58. The van der Waals surface area contributed by atoms with Gasteiger partial charge in [-0.25, -0.2) is 0 Å². The molecule has 0 spiro atoms. The summed E-state index contributed by atoms with van der Waals surface area (Å²) >= 11 is -0.916. The van der Waals surface area contributed by atoms with Crippen molar-refractivity contribution >= 4 is 7.74 Å². The van der Waals surface area contributed by atoms with Crippen LogP contribution in [0, 0.1) is 0 Å². The van der Waals surface area contributed by atoms with Crippen LogP contribution in [0.5, 0.6) is 0 Å². The number of hydrogen-bond donors (Lipinski definition) is 0. The standard InChI is InChI=1S/C6H18ISi/c1-4-7(8,5-2)6-3/h4-6H2,1-3,8H3/q-1. The van der Waals surface area contributed by atoms with Gasteiger partial charge in [-0.1, -0.05) is 0 Å². The zero-order chi connectivity index (χ0) is 6.62. The second kappa shape index (κ2) is 3.88. The first-order valence-corrected chi connectivity index (χ1v) is 15.1. The quantitative estimate of drug-likeness (QED) is 0.223. The Labute approximate surface area is 59.4 Å². The molecule has 0 atom stereocenters. The Kier molecular flexibility index (Phi) is 4.33. The summed E-state index contributed by atoms with van der Waals surface area (Å²) in [5.74, 6) is 0. The van der Waals surface area contributed by atoms with Gasteiger partial charge in [-0.2, -0.15) is 0 Å². The summed E-state index contributed by atoms with van der Waals surface area (Å²) < 4.78 is 4.68. The van der Waals surface area contributed by atoms with Crippen molar-refractivity contribution in [1.29, 1.82) is 0 Å². The van der Waals surface area contributed by atoms with Crippen molar-refractivity contribution in [3.05, 3.63) is 0 Å². The van der Waals surface area contributed by atoms with Crippen molar-refractivity contribution in [3.63, 3.8) is 0 Å². The summed E-state index contributed by atoms with van der Waals surface area (Å²) in [6.45, 7) is 7.16. The van der Waals surface area contributed by atoms with E-state index in [0.29, 0.717) is 0 Å². The fourth-order valence-electron chi connectivity index (χ4n) is 0.567. The molecule has 0 aliphatic rings. The van der Waals surface area contributed by atoms with Gasteiger partial charge in [-0.05, 0) is 0 Å². The molecule has 0 N–H and O–H groups in total. The van der Waals surface area contributed by atoms with Gasteiger partial charge in [0.05, 0.1) is 0 Å². The predicted octanol–water partition coefficient (Wildman–Crippen LogP) is -2.51. The van der Waals surface area contributed by atoms with Crippen LogP contribution in [-0.4, -0.2) is 21.0 Å². The maximum absolute atomic E-state index is 2.39. The van der Waals surface area contributed by atoms with Gasteiger partial charge < -0.3 is 0 Å². The topological polar surface area (TPSA) is 0 Å². The minimum atomic E-state index is -0.916. The molecule has 8 heavy (non-hydrogen) atoms. The van der Waals surface area contributed by atoms with Crippen molar-refractivity contribution in [3.8, 4) is 0 Å². The van der Waals surface area contributed by atoms with Crippen LogP contribution < -0.4 is 17.6 Å². The van der Waals surface area contributed by atoms with Crippen LogP contribution in [0.1, 0.15) is 20.8 Å². The summed E-state index contributed by atoms with van der Waals surface area (Å²) in [7, 11) is 1.55. The summed E-state index contributed by atoms with van der Waals surface area (Å²) in [5.41, 5.74) is 0. The van der Waals surface area contributed by atoms with Crippen LogP contribution in [-0.2, 0) is 0 Å². The van der Waals surface area contributed by atoms with E-state index in [9.17, 15) is 0 Å². The van der Waals surface area contributed by atoms with E-state index in [4.69, 9.17) is 0 Å². The van der Waals surface area contributed by atoms with Gasteiger partial charge >= 0.3 is 59.4 Å². The molecule has 0 radical (unpaired) electrons. The first kappa shape index (κ1) is 8.95. The van der Waals surface area contributed by atoms with E-state index in [0.717, 1.165) is 0 Å². The zero-order valence-electron chi connectivity index (χ0n) is 6.50. The third-order valence-electron chi connectivity index (χ3n) is 1.94. The third kappa shape index (κ3) is 2.48. The van der Waals surface area contributed by atoms with Crippen LogP contribution in [0.4, 0.5) is 0 Å². The minimum absolute atomic E-state index is 0.916. The van der Waals surface area contributed by atoms with Gasteiger partial charge in [0.1, 0.15) is 0 Å². The summed E-state index contributed by atoms with van der Waals surface area (Å²) in [5, 5.41) is 0. The number of halogens is 1. The molecule has 0 amide bonds. The Morgan fingerprint density at radius 3 is 1.25 bits per heavy atom. The summed E-state index contributed by atoms with van der Waals surface area (Å²) in [6.07, 6.45) is 0. The van der Waals surface area contributed by atoms with Gasteiger partial charge in [0, 0.05) is 0 Å². The monoisotopic (exact) mass is 245 g/mol. The molecule has 0 fully saturated rings. The van der Waals surface area contributed by atoms with Crippen molar-refractivity contribution in [1.82, 2.24) is 0 Å².